The molecule has 0 saturated heterocycles. The fourth-order valence-corrected chi connectivity index (χ4v) is 3.41. The summed E-state index contributed by atoms with van der Waals surface area (Å²) in [7, 11) is 0. The maximum atomic E-state index is 2.50. The van der Waals surface area contributed by atoms with Gasteiger partial charge in [0, 0.05) is 9.79 Å². The minimum atomic E-state index is 0.622. The van der Waals surface area contributed by atoms with E-state index >= 15 is 0 Å². The quantitative estimate of drug-likeness (QED) is 0.617. The minimum absolute atomic E-state index is 0.622. The first-order chi connectivity index (χ1) is 10.7. The third kappa shape index (κ3) is 5.19. The van der Waals surface area contributed by atoms with Gasteiger partial charge in [-0.15, -0.1) is 0 Å². The number of rotatable bonds is 8. The van der Waals surface area contributed by atoms with E-state index < -0.39 is 0 Å². The van der Waals surface area contributed by atoms with Crippen LogP contribution in [0.4, 0.5) is 0 Å². The summed E-state index contributed by atoms with van der Waals surface area (Å²) in [5, 5.41) is 0. The lowest BCUT2D eigenvalue weighted by Gasteiger charge is -2.20. The summed E-state index contributed by atoms with van der Waals surface area (Å²) in [5.74, 6) is 0.622. The van der Waals surface area contributed by atoms with Crippen molar-refractivity contribution in [3.05, 3.63) is 60.2 Å². The lowest BCUT2D eigenvalue weighted by Crippen LogP contribution is -2.24. The molecule has 2 heteroatoms. The first-order valence-electron chi connectivity index (χ1n) is 8.28. The van der Waals surface area contributed by atoms with Gasteiger partial charge in [-0.2, -0.15) is 0 Å². The Bertz CT molecular complexity index is 531. The van der Waals surface area contributed by atoms with E-state index in [2.05, 4.69) is 80.3 Å². The molecule has 0 saturated carbocycles. The molecule has 0 heterocycles. The second-order valence-electron chi connectivity index (χ2n) is 5.70. The van der Waals surface area contributed by atoms with Gasteiger partial charge < -0.3 is 4.90 Å². The topological polar surface area (TPSA) is 3.24 Å². The molecule has 22 heavy (non-hydrogen) atoms. The van der Waals surface area contributed by atoms with Crippen molar-refractivity contribution in [3.8, 4) is 0 Å². The summed E-state index contributed by atoms with van der Waals surface area (Å²) in [5.41, 5.74) is 1.45. The Kier molecular flexibility index (Phi) is 7.01. The minimum Gasteiger partial charge on any atom is -0.304 e. The fraction of sp³-hybridized carbons (Fsp3) is 0.400. The summed E-state index contributed by atoms with van der Waals surface area (Å²) in [6.45, 7) is 10.3. The van der Waals surface area contributed by atoms with Crippen molar-refractivity contribution in [1.82, 2.24) is 4.90 Å². The summed E-state index contributed by atoms with van der Waals surface area (Å²) in [4.78, 5) is 5.10. The van der Waals surface area contributed by atoms with Crippen molar-refractivity contribution in [2.24, 2.45) is 0 Å². The highest BCUT2D eigenvalue weighted by molar-refractivity contribution is 7.99. The molecule has 0 bridgehead atoms. The molecule has 2 aromatic carbocycles. The Hall–Kier alpha value is -1.25. The highest BCUT2D eigenvalue weighted by atomic mass is 32.2. The van der Waals surface area contributed by atoms with Crippen LogP contribution in [0.2, 0.25) is 0 Å². The zero-order chi connectivity index (χ0) is 15.8. The molecule has 0 fully saturated rings. The van der Waals surface area contributed by atoms with Crippen LogP contribution in [-0.2, 0) is 0 Å². The number of benzene rings is 2. The maximum absolute atomic E-state index is 2.50. The summed E-state index contributed by atoms with van der Waals surface area (Å²) >= 11 is 1.83. The Morgan fingerprint density at radius 2 is 1.45 bits per heavy atom. The van der Waals surface area contributed by atoms with Crippen LogP contribution in [0.1, 0.15) is 38.7 Å². The van der Waals surface area contributed by atoms with Crippen LogP contribution in [0.25, 0.3) is 0 Å². The molecule has 0 radical (unpaired) electrons. The number of hydrogen-bond donors (Lipinski definition) is 0. The lowest BCUT2D eigenvalue weighted by atomic mass is 9.98. The second kappa shape index (κ2) is 9.02. The molecule has 2 rings (SSSR count). The molecular formula is C20H27NS. The van der Waals surface area contributed by atoms with Crippen molar-refractivity contribution >= 4 is 11.8 Å². The smallest absolute Gasteiger partial charge is 0.0122 e. The SMILES string of the molecule is CCN(CC)CCC(C)c1ccc(Sc2ccccc2)cc1. The highest BCUT2D eigenvalue weighted by Gasteiger charge is 2.08. The molecule has 0 amide bonds. The van der Waals surface area contributed by atoms with E-state index in [9.17, 15) is 0 Å². The zero-order valence-electron chi connectivity index (χ0n) is 14.0. The zero-order valence-corrected chi connectivity index (χ0v) is 14.8. The van der Waals surface area contributed by atoms with Gasteiger partial charge in [-0.3, -0.25) is 0 Å². The van der Waals surface area contributed by atoms with Crippen molar-refractivity contribution < 1.29 is 0 Å². The van der Waals surface area contributed by atoms with Crippen LogP contribution in [0.5, 0.6) is 0 Å². The van der Waals surface area contributed by atoms with Gasteiger partial charge in [-0.05, 0) is 61.8 Å². The van der Waals surface area contributed by atoms with E-state index in [0.29, 0.717) is 5.92 Å². The van der Waals surface area contributed by atoms with Gasteiger partial charge >= 0.3 is 0 Å². The van der Waals surface area contributed by atoms with Gasteiger partial charge in [-0.1, -0.05) is 62.9 Å². The molecule has 0 aliphatic heterocycles. The van der Waals surface area contributed by atoms with Crippen molar-refractivity contribution in [3.63, 3.8) is 0 Å². The van der Waals surface area contributed by atoms with Gasteiger partial charge in [0.15, 0.2) is 0 Å². The highest BCUT2D eigenvalue weighted by Crippen LogP contribution is 2.29. The van der Waals surface area contributed by atoms with Crippen molar-refractivity contribution in [1.29, 1.82) is 0 Å². The van der Waals surface area contributed by atoms with Gasteiger partial charge in [0.05, 0.1) is 0 Å². The van der Waals surface area contributed by atoms with Crippen LogP contribution < -0.4 is 0 Å². The summed E-state index contributed by atoms with van der Waals surface area (Å²) in [6.07, 6.45) is 1.23. The molecule has 0 aromatic heterocycles. The number of hydrogen-bond acceptors (Lipinski definition) is 2. The molecule has 0 spiro atoms. The van der Waals surface area contributed by atoms with E-state index in [1.807, 2.05) is 11.8 Å². The van der Waals surface area contributed by atoms with Gasteiger partial charge in [0.1, 0.15) is 0 Å². The summed E-state index contributed by atoms with van der Waals surface area (Å²) < 4.78 is 0. The first-order valence-corrected chi connectivity index (χ1v) is 9.09. The first kappa shape index (κ1) is 17.1. The van der Waals surface area contributed by atoms with Crippen LogP contribution in [-0.4, -0.2) is 24.5 Å². The van der Waals surface area contributed by atoms with Crippen LogP contribution in [0.3, 0.4) is 0 Å². The molecular weight excluding hydrogens is 286 g/mol. The normalized spacial score (nSPS) is 12.5. The third-order valence-electron chi connectivity index (χ3n) is 4.20. The van der Waals surface area contributed by atoms with E-state index in [-0.39, 0.29) is 0 Å². The molecule has 1 unspecified atom stereocenters. The van der Waals surface area contributed by atoms with Crippen molar-refractivity contribution in [2.45, 2.75) is 42.9 Å². The molecule has 1 atom stereocenters. The second-order valence-corrected chi connectivity index (χ2v) is 6.85. The van der Waals surface area contributed by atoms with Crippen LogP contribution >= 0.6 is 11.8 Å². The largest absolute Gasteiger partial charge is 0.304 e. The maximum Gasteiger partial charge on any atom is 0.0122 e. The fourth-order valence-electron chi connectivity index (χ4n) is 2.57. The molecule has 118 valence electrons. The predicted octanol–water partition coefficient (Wildman–Crippen LogP) is 5.67. The molecule has 0 aliphatic carbocycles. The van der Waals surface area contributed by atoms with Gasteiger partial charge in [0.2, 0.25) is 0 Å². The van der Waals surface area contributed by atoms with Crippen LogP contribution in [0.15, 0.2) is 64.4 Å². The van der Waals surface area contributed by atoms with E-state index in [1.165, 1.54) is 28.3 Å². The standard InChI is InChI=1S/C20H27NS/c1-4-21(5-2)16-15-17(3)18-11-13-20(14-12-18)22-19-9-7-6-8-10-19/h6-14,17H,4-5,15-16H2,1-3H3. The Balaban J connectivity index is 1.90. The van der Waals surface area contributed by atoms with E-state index in [1.54, 1.807) is 0 Å². The summed E-state index contributed by atoms with van der Waals surface area (Å²) in [6, 6.07) is 19.6. The monoisotopic (exact) mass is 313 g/mol. The Labute approximate surface area is 139 Å². The average molecular weight is 314 g/mol. The molecule has 1 nitrogen and oxygen atoms in total. The van der Waals surface area contributed by atoms with Crippen LogP contribution in [0, 0.1) is 0 Å². The lowest BCUT2D eigenvalue weighted by molar-refractivity contribution is 0.292. The average Bonchev–Trinajstić information content (AvgIpc) is 2.57. The number of nitrogens with zero attached hydrogens (tertiary/aromatic N) is 1. The van der Waals surface area contributed by atoms with E-state index in [0.717, 1.165) is 13.1 Å². The van der Waals surface area contributed by atoms with Crippen molar-refractivity contribution in [2.75, 3.05) is 19.6 Å². The van der Waals surface area contributed by atoms with Gasteiger partial charge in [-0.25, -0.2) is 0 Å². The Morgan fingerprint density at radius 1 is 0.864 bits per heavy atom. The van der Waals surface area contributed by atoms with Gasteiger partial charge in [0.25, 0.3) is 0 Å². The third-order valence-corrected chi connectivity index (χ3v) is 5.22. The predicted molar refractivity (Wildman–Crippen MR) is 97.8 cm³/mol. The molecule has 2 aromatic rings. The Morgan fingerprint density at radius 3 is 2.05 bits per heavy atom. The molecule has 0 aliphatic rings. The van der Waals surface area contributed by atoms with E-state index in [4.69, 9.17) is 0 Å². The molecule has 0 N–H and O–H groups in total.